The van der Waals surface area contributed by atoms with E-state index in [9.17, 15) is 18.0 Å². The number of amides is 2. The van der Waals surface area contributed by atoms with E-state index in [1.54, 1.807) is 13.0 Å². The minimum atomic E-state index is -3.88. The summed E-state index contributed by atoms with van der Waals surface area (Å²) in [7, 11) is -0.995. The number of nitrogens with one attached hydrogen (secondary N) is 1. The fourth-order valence-corrected chi connectivity index (χ4v) is 4.70. The number of hydrogen-bond acceptors (Lipinski definition) is 6. The van der Waals surface area contributed by atoms with Gasteiger partial charge in [-0.1, -0.05) is 35.0 Å². The topological polar surface area (TPSA) is 105 Å². The Labute approximate surface area is 215 Å². The van der Waals surface area contributed by atoms with Crippen LogP contribution in [0.1, 0.15) is 25.8 Å². The van der Waals surface area contributed by atoms with Crippen molar-refractivity contribution < 1.29 is 27.5 Å². The molecule has 0 spiro atoms. The summed E-state index contributed by atoms with van der Waals surface area (Å²) in [5.74, 6) is -0.145. The van der Waals surface area contributed by atoms with E-state index in [4.69, 9.17) is 9.47 Å². The first-order valence-corrected chi connectivity index (χ1v) is 13.7. The van der Waals surface area contributed by atoms with Gasteiger partial charge in [-0.05, 0) is 43.2 Å². The molecule has 2 aromatic rings. The number of carbonyl (C=O) groups is 2. The predicted octanol–water partition coefficient (Wildman–Crippen LogP) is 3.18. The molecule has 0 fully saturated rings. The minimum absolute atomic E-state index is 0.121. The molecule has 0 saturated heterocycles. The second kappa shape index (κ2) is 12.8. The van der Waals surface area contributed by atoms with Gasteiger partial charge in [0.1, 0.15) is 24.1 Å². The van der Waals surface area contributed by atoms with Crippen molar-refractivity contribution in [3.8, 4) is 11.5 Å². The van der Waals surface area contributed by atoms with E-state index in [1.807, 2.05) is 31.2 Å². The van der Waals surface area contributed by atoms with Crippen LogP contribution in [0.3, 0.4) is 0 Å². The van der Waals surface area contributed by atoms with Crippen LogP contribution in [0.15, 0.2) is 46.9 Å². The molecule has 2 amide bonds. The molecule has 11 heteroatoms. The van der Waals surface area contributed by atoms with Crippen molar-refractivity contribution in [2.75, 3.05) is 37.9 Å². The van der Waals surface area contributed by atoms with E-state index < -0.39 is 28.5 Å². The van der Waals surface area contributed by atoms with Crippen LogP contribution in [0.25, 0.3) is 0 Å². The smallest absolute Gasteiger partial charge is 0.244 e. The van der Waals surface area contributed by atoms with Gasteiger partial charge in [-0.2, -0.15) is 0 Å². The van der Waals surface area contributed by atoms with Crippen LogP contribution in [-0.2, 0) is 26.2 Å². The summed E-state index contributed by atoms with van der Waals surface area (Å²) in [5, 5.41) is 2.80. The molecule has 0 bridgehead atoms. The number of anilines is 1. The number of methoxy groups -OCH3 is 2. The summed E-state index contributed by atoms with van der Waals surface area (Å²) in [6.07, 6.45) is 1.76. The van der Waals surface area contributed by atoms with Gasteiger partial charge in [-0.3, -0.25) is 13.9 Å². The Balaban J connectivity index is 2.44. The lowest BCUT2D eigenvalue weighted by Gasteiger charge is -2.32. The zero-order chi connectivity index (χ0) is 26.2. The number of ether oxygens (including phenoxy) is 2. The minimum Gasteiger partial charge on any atom is -0.497 e. The van der Waals surface area contributed by atoms with Gasteiger partial charge in [0.15, 0.2) is 0 Å². The SMILES string of the molecule is CCCNC(=O)[C@H](C)N(Cc1cccc(Br)c1)C(=O)CN(c1ccc(OC)cc1OC)S(C)(=O)=O. The van der Waals surface area contributed by atoms with Gasteiger partial charge >= 0.3 is 0 Å². The Morgan fingerprint density at radius 3 is 2.40 bits per heavy atom. The third kappa shape index (κ3) is 7.86. The molecule has 0 saturated carbocycles. The van der Waals surface area contributed by atoms with Crippen molar-refractivity contribution in [2.45, 2.75) is 32.9 Å². The van der Waals surface area contributed by atoms with E-state index in [2.05, 4.69) is 21.2 Å². The van der Waals surface area contributed by atoms with Crippen LogP contribution in [-0.4, -0.2) is 64.7 Å². The van der Waals surface area contributed by atoms with E-state index in [0.717, 1.165) is 27.0 Å². The van der Waals surface area contributed by atoms with Gasteiger partial charge in [-0.25, -0.2) is 8.42 Å². The Bertz CT molecular complexity index is 1140. The lowest BCUT2D eigenvalue weighted by atomic mass is 10.1. The summed E-state index contributed by atoms with van der Waals surface area (Å²) in [5.41, 5.74) is 0.977. The van der Waals surface area contributed by atoms with Gasteiger partial charge in [0.25, 0.3) is 0 Å². The number of carbonyl (C=O) groups excluding carboxylic acids is 2. The Morgan fingerprint density at radius 1 is 1.11 bits per heavy atom. The van der Waals surface area contributed by atoms with Crippen molar-refractivity contribution in [2.24, 2.45) is 0 Å². The fraction of sp³-hybridized carbons (Fsp3) is 0.417. The van der Waals surface area contributed by atoms with Crippen molar-refractivity contribution in [1.29, 1.82) is 0 Å². The van der Waals surface area contributed by atoms with Gasteiger partial charge in [-0.15, -0.1) is 0 Å². The average molecular weight is 571 g/mol. The average Bonchev–Trinajstić information content (AvgIpc) is 2.82. The molecular weight excluding hydrogens is 538 g/mol. The molecule has 0 radical (unpaired) electrons. The number of nitrogens with zero attached hydrogens (tertiary/aromatic N) is 2. The van der Waals surface area contributed by atoms with Crippen LogP contribution in [0.5, 0.6) is 11.5 Å². The van der Waals surface area contributed by atoms with Crippen LogP contribution in [0.4, 0.5) is 5.69 Å². The fourth-order valence-electron chi connectivity index (χ4n) is 3.40. The number of sulfonamides is 1. The maximum Gasteiger partial charge on any atom is 0.244 e. The van der Waals surface area contributed by atoms with Crippen molar-refractivity contribution >= 4 is 43.5 Å². The Morgan fingerprint density at radius 2 is 1.83 bits per heavy atom. The molecule has 2 aromatic carbocycles. The molecule has 0 aliphatic heterocycles. The van der Waals surface area contributed by atoms with Gasteiger partial charge in [0.05, 0.1) is 26.2 Å². The standard InChI is InChI=1S/C24H32BrN3O6S/c1-6-12-26-24(30)17(2)27(15-18-8-7-9-19(25)13-18)23(29)16-28(35(5,31)32)21-11-10-20(33-3)14-22(21)34-4/h7-11,13-14,17H,6,12,15-16H2,1-5H3,(H,26,30)/t17-/m0/s1. The largest absolute Gasteiger partial charge is 0.497 e. The lowest BCUT2D eigenvalue weighted by molar-refractivity contribution is -0.139. The quantitative estimate of drug-likeness (QED) is 0.421. The summed E-state index contributed by atoms with van der Waals surface area (Å²) >= 11 is 3.42. The second-order valence-electron chi connectivity index (χ2n) is 7.93. The monoisotopic (exact) mass is 569 g/mol. The van der Waals surface area contributed by atoms with Crippen molar-refractivity contribution in [1.82, 2.24) is 10.2 Å². The summed E-state index contributed by atoms with van der Waals surface area (Å²) in [4.78, 5) is 27.7. The Kier molecular flexibility index (Phi) is 10.4. The third-order valence-electron chi connectivity index (χ3n) is 5.29. The molecule has 1 N–H and O–H groups in total. The van der Waals surface area contributed by atoms with Gasteiger partial charge in [0, 0.05) is 23.6 Å². The molecule has 192 valence electrons. The number of benzene rings is 2. The maximum absolute atomic E-state index is 13.6. The van der Waals surface area contributed by atoms with Crippen LogP contribution in [0, 0.1) is 0 Å². The highest BCUT2D eigenvalue weighted by molar-refractivity contribution is 9.10. The molecule has 0 aromatic heterocycles. The second-order valence-corrected chi connectivity index (χ2v) is 10.7. The number of rotatable bonds is 12. The van der Waals surface area contributed by atoms with E-state index in [-0.39, 0.29) is 23.9 Å². The van der Waals surface area contributed by atoms with Crippen LogP contribution >= 0.6 is 15.9 Å². The molecule has 0 unspecified atom stereocenters. The summed E-state index contributed by atoms with van der Waals surface area (Å²) in [6, 6.07) is 11.2. The Hall–Kier alpha value is -2.79. The van der Waals surface area contributed by atoms with E-state index in [1.165, 1.54) is 31.3 Å². The number of hydrogen-bond donors (Lipinski definition) is 1. The van der Waals surface area contributed by atoms with Gasteiger partial charge < -0.3 is 19.7 Å². The normalized spacial score (nSPS) is 11.9. The molecule has 2 rings (SSSR count). The molecule has 35 heavy (non-hydrogen) atoms. The highest BCUT2D eigenvalue weighted by atomic mass is 79.9. The first kappa shape index (κ1) is 28.4. The van der Waals surface area contributed by atoms with Crippen LogP contribution in [0.2, 0.25) is 0 Å². The summed E-state index contributed by atoms with van der Waals surface area (Å²) < 4.78 is 37.8. The molecular formula is C24H32BrN3O6S. The molecule has 0 heterocycles. The molecule has 0 aliphatic rings. The number of halogens is 1. The van der Waals surface area contributed by atoms with Crippen molar-refractivity contribution in [3.63, 3.8) is 0 Å². The highest BCUT2D eigenvalue weighted by Crippen LogP contribution is 2.33. The zero-order valence-electron chi connectivity index (χ0n) is 20.6. The van der Waals surface area contributed by atoms with Crippen molar-refractivity contribution in [3.05, 3.63) is 52.5 Å². The third-order valence-corrected chi connectivity index (χ3v) is 6.91. The molecule has 9 nitrogen and oxygen atoms in total. The first-order valence-electron chi connectivity index (χ1n) is 11.0. The van der Waals surface area contributed by atoms with E-state index >= 15 is 0 Å². The summed E-state index contributed by atoms with van der Waals surface area (Å²) in [6.45, 7) is 3.64. The predicted molar refractivity (Wildman–Crippen MR) is 139 cm³/mol. The van der Waals surface area contributed by atoms with E-state index in [0.29, 0.717) is 12.3 Å². The maximum atomic E-state index is 13.6. The lowest BCUT2D eigenvalue weighted by Crippen LogP contribution is -2.51. The van der Waals surface area contributed by atoms with Crippen LogP contribution < -0.4 is 19.1 Å². The first-order chi connectivity index (χ1) is 16.5. The highest BCUT2D eigenvalue weighted by Gasteiger charge is 2.31. The zero-order valence-corrected chi connectivity index (χ0v) is 23.0. The molecule has 1 atom stereocenters. The van der Waals surface area contributed by atoms with Gasteiger partial charge in [0.2, 0.25) is 21.8 Å². The molecule has 0 aliphatic carbocycles.